The molecule has 4 aromatic carbocycles. The molecule has 158 valence electrons. The molecule has 0 saturated carbocycles. The first-order chi connectivity index (χ1) is 15.5. The first-order valence-electron chi connectivity index (χ1n) is 9.82. The van der Waals surface area contributed by atoms with E-state index in [9.17, 15) is 15.0 Å². The topological polar surface area (TPSA) is 81.9 Å². The molecular formula is C26H19ClN2O3. The van der Waals surface area contributed by atoms with Gasteiger partial charge in [-0.3, -0.25) is 4.79 Å². The number of hydrazone groups is 1. The molecule has 32 heavy (non-hydrogen) atoms. The van der Waals surface area contributed by atoms with Crippen LogP contribution in [0.5, 0.6) is 11.5 Å². The number of phenols is 2. The first kappa shape index (κ1) is 21.2. The van der Waals surface area contributed by atoms with Gasteiger partial charge in [-0.15, -0.1) is 0 Å². The summed E-state index contributed by atoms with van der Waals surface area (Å²) in [6.07, 6.45) is 5.53. The molecule has 0 unspecified atom stereocenters. The Balaban J connectivity index is 1.57. The summed E-state index contributed by atoms with van der Waals surface area (Å²) in [5.41, 5.74) is 5.54. The average molecular weight is 443 g/mol. The highest BCUT2D eigenvalue weighted by Gasteiger charge is 2.08. The Morgan fingerprint density at radius 3 is 2.34 bits per heavy atom. The number of hydrogen-bond acceptors (Lipinski definition) is 4. The molecule has 4 aromatic rings. The minimum Gasteiger partial charge on any atom is -0.508 e. The van der Waals surface area contributed by atoms with Crippen molar-refractivity contribution < 1.29 is 15.0 Å². The Bertz CT molecular complexity index is 1360. The Hall–Kier alpha value is -4.09. The zero-order valence-electron chi connectivity index (χ0n) is 16.9. The Kier molecular flexibility index (Phi) is 6.19. The summed E-state index contributed by atoms with van der Waals surface area (Å²) in [6.45, 7) is 0. The molecule has 0 bridgehead atoms. The van der Waals surface area contributed by atoms with Gasteiger partial charge in [0.1, 0.15) is 11.5 Å². The third kappa shape index (κ3) is 4.79. The third-order valence-electron chi connectivity index (χ3n) is 4.90. The van der Waals surface area contributed by atoms with Gasteiger partial charge in [0, 0.05) is 11.1 Å². The Morgan fingerprint density at radius 1 is 0.844 bits per heavy atom. The zero-order valence-corrected chi connectivity index (χ0v) is 17.6. The van der Waals surface area contributed by atoms with Crippen LogP contribution in [-0.2, 0) is 0 Å². The molecule has 5 nitrogen and oxygen atoms in total. The Morgan fingerprint density at radius 2 is 1.59 bits per heavy atom. The summed E-state index contributed by atoms with van der Waals surface area (Å²) in [6, 6.07) is 23.1. The van der Waals surface area contributed by atoms with Gasteiger partial charge in [0.2, 0.25) is 0 Å². The number of hydrogen-bond donors (Lipinski definition) is 3. The van der Waals surface area contributed by atoms with Gasteiger partial charge in [0.25, 0.3) is 5.91 Å². The number of aromatic hydroxyl groups is 2. The van der Waals surface area contributed by atoms with Crippen molar-refractivity contribution in [3.63, 3.8) is 0 Å². The predicted octanol–water partition coefficient (Wildman–Crippen LogP) is 5.84. The van der Waals surface area contributed by atoms with Crippen molar-refractivity contribution in [2.75, 3.05) is 0 Å². The van der Waals surface area contributed by atoms with E-state index in [1.165, 1.54) is 18.2 Å². The fourth-order valence-electron chi connectivity index (χ4n) is 3.29. The fraction of sp³-hybridized carbons (Fsp3) is 0. The van der Waals surface area contributed by atoms with Crippen LogP contribution in [0.2, 0.25) is 5.02 Å². The van der Waals surface area contributed by atoms with Gasteiger partial charge in [-0.05, 0) is 52.2 Å². The summed E-state index contributed by atoms with van der Waals surface area (Å²) in [5, 5.41) is 25.3. The van der Waals surface area contributed by atoms with Crippen molar-refractivity contribution in [2.24, 2.45) is 5.10 Å². The molecule has 1 amide bonds. The standard InChI is InChI=1S/C26H19ClN2O3/c27-24-15-19(12-13-25(24)31)26(32)29-28-16-20-11-10-18(22-6-1-2-7-23(20)22)9-8-17-4-3-5-21(30)14-17/h1-16,30-31H,(H,29,32)/b9-8+,28-16+. The molecule has 3 N–H and O–H groups in total. The number of carbonyl (C=O) groups is 1. The molecular weight excluding hydrogens is 424 g/mol. The molecule has 6 heteroatoms. The highest BCUT2D eigenvalue weighted by atomic mass is 35.5. The van der Waals surface area contributed by atoms with Gasteiger partial charge >= 0.3 is 0 Å². The maximum atomic E-state index is 12.3. The maximum Gasteiger partial charge on any atom is 0.271 e. The molecule has 0 aliphatic rings. The van der Waals surface area contributed by atoms with Crippen molar-refractivity contribution in [1.29, 1.82) is 0 Å². The van der Waals surface area contributed by atoms with Crippen molar-refractivity contribution >= 4 is 46.6 Å². The fourth-order valence-corrected chi connectivity index (χ4v) is 3.47. The summed E-state index contributed by atoms with van der Waals surface area (Å²) >= 11 is 5.85. The van der Waals surface area contributed by atoms with E-state index in [0.29, 0.717) is 5.56 Å². The third-order valence-corrected chi connectivity index (χ3v) is 5.20. The molecule has 0 aliphatic heterocycles. The smallest absolute Gasteiger partial charge is 0.271 e. The van der Waals surface area contributed by atoms with Crippen molar-refractivity contribution in [2.45, 2.75) is 0 Å². The van der Waals surface area contributed by atoms with Crippen molar-refractivity contribution in [3.05, 3.63) is 106 Å². The lowest BCUT2D eigenvalue weighted by Gasteiger charge is -2.06. The van der Waals surface area contributed by atoms with Crippen molar-refractivity contribution in [1.82, 2.24) is 5.43 Å². The number of benzene rings is 4. The van der Waals surface area contributed by atoms with E-state index in [2.05, 4.69) is 10.5 Å². The van der Waals surface area contributed by atoms with Crippen molar-refractivity contribution in [3.8, 4) is 11.5 Å². The van der Waals surface area contributed by atoms with E-state index < -0.39 is 5.91 Å². The summed E-state index contributed by atoms with van der Waals surface area (Å²) in [7, 11) is 0. The second-order valence-electron chi connectivity index (χ2n) is 7.08. The predicted molar refractivity (Wildman–Crippen MR) is 129 cm³/mol. The van der Waals surface area contributed by atoms with Gasteiger partial charge in [0.15, 0.2) is 0 Å². The van der Waals surface area contributed by atoms with E-state index in [-0.39, 0.29) is 16.5 Å². The summed E-state index contributed by atoms with van der Waals surface area (Å²) in [5.74, 6) is -0.297. The highest BCUT2D eigenvalue weighted by molar-refractivity contribution is 6.32. The van der Waals surface area contributed by atoms with Crippen LogP contribution in [0.4, 0.5) is 0 Å². The summed E-state index contributed by atoms with van der Waals surface area (Å²) in [4.78, 5) is 12.3. The molecule has 0 spiro atoms. The van der Waals surface area contributed by atoms with Crippen LogP contribution < -0.4 is 5.43 Å². The van der Waals surface area contributed by atoms with E-state index in [1.54, 1.807) is 24.4 Å². The van der Waals surface area contributed by atoms with Gasteiger partial charge < -0.3 is 10.2 Å². The van der Waals surface area contributed by atoms with Crippen LogP contribution in [0.15, 0.2) is 84.0 Å². The summed E-state index contributed by atoms with van der Waals surface area (Å²) < 4.78 is 0. The number of rotatable bonds is 5. The maximum absolute atomic E-state index is 12.3. The zero-order chi connectivity index (χ0) is 22.5. The van der Waals surface area contributed by atoms with Crippen LogP contribution in [0, 0.1) is 0 Å². The lowest BCUT2D eigenvalue weighted by atomic mass is 9.99. The van der Waals surface area contributed by atoms with E-state index in [4.69, 9.17) is 11.6 Å². The van der Waals surface area contributed by atoms with Gasteiger partial charge in [-0.25, -0.2) is 5.43 Å². The SMILES string of the molecule is O=C(N/N=C/c1ccc(/C=C/c2cccc(O)c2)c2ccccc12)c1ccc(O)c(Cl)c1. The quantitative estimate of drug-likeness (QED) is 0.206. The Labute approximate surface area is 189 Å². The number of nitrogens with one attached hydrogen (secondary N) is 1. The number of nitrogens with zero attached hydrogens (tertiary/aromatic N) is 1. The molecule has 0 atom stereocenters. The molecule has 0 saturated heterocycles. The number of carbonyl (C=O) groups excluding carboxylic acids is 1. The van der Waals surface area contributed by atoms with Crippen LogP contribution in [0.1, 0.15) is 27.0 Å². The lowest BCUT2D eigenvalue weighted by molar-refractivity contribution is 0.0955. The number of phenolic OH excluding ortho intramolecular Hbond substituents is 2. The van der Waals surface area contributed by atoms with E-state index >= 15 is 0 Å². The second kappa shape index (κ2) is 9.37. The minimum absolute atomic E-state index is 0.0867. The molecule has 0 aliphatic carbocycles. The molecule has 0 heterocycles. The number of fused-ring (bicyclic) bond motifs is 1. The van der Waals surface area contributed by atoms with Gasteiger partial charge in [-0.1, -0.05) is 72.3 Å². The van der Waals surface area contributed by atoms with E-state index in [0.717, 1.165) is 27.5 Å². The largest absolute Gasteiger partial charge is 0.508 e. The average Bonchev–Trinajstić information content (AvgIpc) is 2.80. The van der Waals surface area contributed by atoms with Crippen LogP contribution >= 0.6 is 11.6 Å². The highest BCUT2D eigenvalue weighted by Crippen LogP contribution is 2.25. The second-order valence-corrected chi connectivity index (χ2v) is 7.49. The number of amides is 1. The van der Waals surface area contributed by atoms with Crippen LogP contribution in [-0.4, -0.2) is 22.3 Å². The molecule has 0 aromatic heterocycles. The van der Waals surface area contributed by atoms with Gasteiger partial charge in [0.05, 0.1) is 11.2 Å². The first-order valence-corrected chi connectivity index (χ1v) is 10.2. The van der Waals surface area contributed by atoms with E-state index in [1.807, 2.05) is 54.6 Å². The lowest BCUT2D eigenvalue weighted by Crippen LogP contribution is -2.17. The van der Waals surface area contributed by atoms with Gasteiger partial charge in [-0.2, -0.15) is 5.10 Å². The molecule has 4 rings (SSSR count). The van der Waals surface area contributed by atoms with Crippen LogP contribution in [0.3, 0.4) is 0 Å². The molecule has 0 fully saturated rings. The number of halogens is 1. The normalized spacial score (nSPS) is 11.4. The monoisotopic (exact) mass is 442 g/mol. The minimum atomic E-state index is -0.432. The van der Waals surface area contributed by atoms with Crippen LogP contribution in [0.25, 0.3) is 22.9 Å². The molecule has 0 radical (unpaired) electrons.